The van der Waals surface area contributed by atoms with Gasteiger partial charge in [0.15, 0.2) is 5.58 Å². The highest BCUT2D eigenvalue weighted by atomic mass is 32.2. The summed E-state index contributed by atoms with van der Waals surface area (Å²) >= 11 is 1.59. The predicted molar refractivity (Wildman–Crippen MR) is 108 cm³/mol. The van der Waals surface area contributed by atoms with Crippen LogP contribution in [-0.2, 0) is 9.53 Å². The van der Waals surface area contributed by atoms with Crippen LogP contribution in [0.25, 0.3) is 22.6 Å². The molecule has 0 spiro atoms. The molecule has 3 rings (SSSR count). The number of hydrogen-bond acceptors (Lipinski definition) is 7. The van der Waals surface area contributed by atoms with E-state index in [4.69, 9.17) is 9.15 Å². The molecule has 9 heteroatoms. The summed E-state index contributed by atoms with van der Waals surface area (Å²) in [4.78, 5) is 32.6. The van der Waals surface area contributed by atoms with Crippen molar-refractivity contribution >= 4 is 40.5 Å². The van der Waals surface area contributed by atoms with Gasteiger partial charge in [-0.15, -0.1) is 0 Å². The summed E-state index contributed by atoms with van der Waals surface area (Å²) in [6, 6.07) is 7.59. The van der Waals surface area contributed by atoms with E-state index in [-0.39, 0.29) is 0 Å². The summed E-state index contributed by atoms with van der Waals surface area (Å²) < 4.78 is 10.5. The van der Waals surface area contributed by atoms with Gasteiger partial charge < -0.3 is 19.8 Å². The fourth-order valence-corrected chi connectivity index (χ4v) is 3.04. The molecule has 2 amide bonds. The van der Waals surface area contributed by atoms with Crippen LogP contribution in [0.5, 0.6) is 0 Å². The van der Waals surface area contributed by atoms with E-state index < -0.39 is 18.0 Å². The summed E-state index contributed by atoms with van der Waals surface area (Å²) in [6.07, 6.45) is 5.76. The quantitative estimate of drug-likeness (QED) is 0.586. The molecule has 2 heterocycles. The number of amides is 2. The number of aromatic nitrogens is 2. The molecule has 0 aliphatic carbocycles. The molecule has 1 atom stereocenters. The molecule has 0 aliphatic rings. The van der Waals surface area contributed by atoms with Crippen molar-refractivity contribution in [3.8, 4) is 11.5 Å². The minimum absolute atomic E-state index is 0.451. The van der Waals surface area contributed by atoms with Crippen molar-refractivity contribution in [2.45, 2.75) is 12.5 Å². The highest BCUT2D eigenvalue weighted by Gasteiger charge is 2.21. The average molecular weight is 400 g/mol. The Balaban J connectivity index is 1.71. The van der Waals surface area contributed by atoms with Crippen LogP contribution < -0.4 is 10.6 Å². The molecule has 28 heavy (non-hydrogen) atoms. The van der Waals surface area contributed by atoms with E-state index in [9.17, 15) is 9.59 Å². The van der Waals surface area contributed by atoms with E-state index in [1.807, 2.05) is 12.3 Å². The number of urea groups is 1. The number of nitrogens with zero attached hydrogens (tertiary/aromatic N) is 2. The Bertz CT molecular complexity index is 961. The van der Waals surface area contributed by atoms with E-state index in [2.05, 4.69) is 20.6 Å². The van der Waals surface area contributed by atoms with E-state index in [1.54, 1.807) is 48.4 Å². The van der Waals surface area contributed by atoms with Crippen LogP contribution >= 0.6 is 11.8 Å². The smallest absolute Gasteiger partial charge is 0.328 e. The number of oxazole rings is 1. The molecule has 1 unspecified atom stereocenters. The van der Waals surface area contributed by atoms with E-state index in [1.165, 1.54) is 7.11 Å². The second-order valence-corrected chi connectivity index (χ2v) is 6.88. The number of hydrogen-bond donors (Lipinski definition) is 2. The van der Waals surface area contributed by atoms with Gasteiger partial charge >= 0.3 is 12.0 Å². The number of nitrogens with one attached hydrogen (secondary N) is 2. The van der Waals surface area contributed by atoms with Crippen LogP contribution in [0.1, 0.15) is 6.42 Å². The average Bonchev–Trinajstić information content (AvgIpc) is 3.14. The number of carbonyl (C=O) groups excluding carboxylic acids is 2. The zero-order valence-corrected chi connectivity index (χ0v) is 16.3. The first-order chi connectivity index (χ1) is 13.6. The standard InChI is InChI=1S/C19H20N4O4S/c1-26-18(24)14(7-9-28-2)23-19(25)21-13-5-6-16-15(10-13)22-17(27-16)12-4-3-8-20-11-12/h3-6,8,10-11,14H,7,9H2,1-2H3,(H2,21,23,25). The highest BCUT2D eigenvalue weighted by Crippen LogP contribution is 2.25. The summed E-state index contributed by atoms with van der Waals surface area (Å²) in [5, 5.41) is 5.35. The minimum Gasteiger partial charge on any atom is -0.467 e. The van der Waals surface area contributed by atoms with Gasteiger partial charge in [0, 0.05) is 18.1 Å². The maximum absolute atomic E-state index is 12.3. The van der Waals surface area contributed by atoms with Crippen LogP contribution in [0.2, 0.25) is 0 Å². The molecule has 0 fully saturated rings. The first kappa shape index (κ1) is 19.7. The van der Waals surface area contributed by atoms with Crippen molar-refractivity contribution < 1.29 is 18.7 Å². The number of thioether (sulfide) groups is 1. The number of esters is 1. The van der Waals surface area contributed by atoms with Crippen LogP contribution in [0.3, 0.4) is 0 Å². The lowest BCUT2D eigenvalue weighted by Crippen LogP contribution is -2.44. The van der Waals surface area contributed by atoms with Crippen LogP contribution in [0.15, 0.2) is 47.1 Å². The highest BCUT2D eigenvalue weighted by molar-refractivity contribution is 7.98. The number of anilines is 1. The van der Waals surface area contributed by atoms with Crippen LogP contribution in [0.4, 0.5) is 10.5 Å². The maximum atomic E-state index is 12.3. The molecule has 0 bridgehead atoms. The lowest BCUT2D eigenvalue weighted by Gasteiger charge is -2.16. The van der Waals surface area contributed by atoms with Crippen LogP contribution in [-0.4, -0.2) is 47.1 Å². The van der Waals surface area contributed by atoms with Gasteiger partial charge in [-0.25, -0.2) is 14.6 Å². The van der Waals surface area contributed by atoms with E-state index >= 15 is 0 Å². The Morgan fingerprint density at radius 2 is 2.18 bits per heavy atom. The zero-order valence-electron chi connectivity index (χ0n) is 15.5. The topological polar surface area (TPSA) is 106 Å². The Labute approximate surface area is 166 Å². The SMILES string of the molecule is COC(=O)C(CCSC)NC(=O)Nc1ccc2oc(-c3cccnc3)nc2c1. The molecule has 2 N–H and O–H groups in total. The number of carbonyl (C=O) groups is 2. The Morgan fingerprint density at radius 1 is 1.32 bits per heavy atom. The molecule has 8 nitrogen and oxygen atoms in total. The van der Waals surface area contributed by atoms with Gasteiger partial charge in [-0.05, 0) is 48.8 Å². The van der Waals surface area contributed by atoms with Crippen molar-refractivity contribution in [3.05, 3.63) is 42.7 Å². The van der Waals surface area contributed by atoms with E-state index in [0.29, 0.717) is 29.1 Å². The second-order valence-electron chi connectivity index (χ2n) is 5.90. The van der Waals surface area contributed by atoms with Gasteiger partial charge in [0.2, 0.25) is 5.89 Å². The van der Waals surface area contributed by atoms with E-state index in [0.717, 1.165) is 11.3 Å². The van der Waals surface area contributed by atoms with Crippen molar-refractivity contribution in [1.29, 1.82) is 0 Å². The summed E-state index contributed by atoms with van der Waals surface area (Å²) in [5.41, 5.74) is 2.49. The Hall–Kier alpha value is -3.07. The van der Waals surface area contributed by atoms with Gasteiger partial charge in [-0.2, -0.15) is 11.8 Å². The third-order valence-corrected chi connectivity index (χ3v) is 4.60. The molecular weight excluding hydrogens is 380 g/mol. The number of methoxy groups -OCH3 is 1. The number of pyridine rings is 1. The number of benzene rings is 1. The van der Waals surface area contributed by atoms with Gasteiger partial charge in [0.25, 0.3) is 0 Å². The summed E-state index contributed by atoms with van der Waals surface area (Å²) in [5.74, 6) is 0.701. The molecule has 3 aromatic rings. The molecular formula is C19H20N4O4S. The third kappa shape index (κ3) is 4.80. The molecule has 146 valence electrons. The van der Waals surface area contributed by atoms with Gasteiger partial charge in [-0.3, -0.25) is 4.98 Å². The lowest BCUT2D eigenvalue weighted by atomic mass is 10.2. The summed E-state index contributed by atoms with van der Waals surface area (Å²) in [6.45, 7) is 0. The molecule has 1 aromatic carbocycles. The zero-order chi connectivity index (χ0) is 19.9. The largest absolute Gasteiger partial charge is 0.467 e. The molecule has 0 radical (unpaired) electrons. The molecule has 0 saturated heterocycles. The number of rotatable bonds is 7. The number of fused-ring (bicyclic) bond motifs is 1. The van der Waals surface area contributed by atoms with Gasteiger partial charge in [0.05, 0.1) is 12.7 Å². The van der Waals surface area contributed by atoms with Crippen molar-refractivity contribution in [1.82, 2.24) is 15.3 Å². The van der Waals surface area contributed by atoms with Crippen LogP contribution in [0, 0.1) is 0 Å². The van der Waals surface area contributed by atoms with Gasteiger partial charge in [-0.1, -0.05) is 0 Å². The Morgan fingerprint density at radius 3 is 2.89 bits per heavy atom. The van der Waals surface area contributed by atoms with Crippen molar-refractivity contribution in [2.75, 3.05) is 24.4 Å². The monoisotopic (exact) mass is 400 g/mol. The molecule has 2 aromatic heterocycles. The first-order valence-electron chi connectivity index (χ1n) is 8.56. The predicted octanol–water partition coefficient (Wildman–Crippen LogP) is 3.31. The van der Waals surface area contributed by atoms with Gasteiger partial charge in [0.1, 0.15) is 11.6 Å². The normalized spacial score (nSPS) is 11.8. The number of ether oxygens (including phenoxy) is 1. The Kier molecular flexibility index (Phi) is 6.49. The first-order valence-corrected chi connectivity index (χ1v) is 9.95. The van der Waals surface area contributed by atoms with Crippen molar-refractivity contribution in [2.24, 2.45) is 0 Å². The summed E-state index contributed by atoms with van der Waals surface area (Å²) in [7, 11) is 1.30. The lowest BCUT2D eigenvalue weighted by molar-refractivity contribution is -0.142. The third-order valence-electron chi connectivity index (χ3n) is 3.96. The molecule has 0 aliphatic heterocycles. The second kappa shape index (κ2) is 9.23. The fourth-order valence-electron chi connectivity index (χ4n) is 2.57. The fraction of sp³-hybridized carbons (Fsp3) is 0.263. The minimum atomic E-state index is -0.703. The maximum Gasteiger partial charge on any atom is 0.328 e. The van der Waals surface area contributed by atoms with Crippen molar-refractivity contribution in [3.63, 3.8) is 0 Å². The molecule has 0 saturated carbocycles.